The van der Waals surface area contributed by atoms with Crippen LogP contribution in [-0.2, 0) is 4.79 Å². The fourth-order valence-corrected chi connectivity index (χ4v) is 3.29. The number of nitro benzene ring substituents is 2. The summed E-state index contributed by atoms with van der Waals surface area (Å²) in [5.74, 6) is -0.0892. The lowest BCUT2D eigenvalue weighted by atomic mass is 10.0. The van der Waals surface area contributed by atoms with Crippen LogP contribution in [0, 0.1) is 20.2 Å². The molecule has 2 aromatic carbocycles. The van der Waals surface area contributed by atoms with Crippen molar-refractivity contribution in [2.75, 3.05) is 30.3 Å². The molecule has 10 nitrogen and oxygen atoms in total. The van der Waals surface area contributed by atoms with Crippen molar-refractivity contribution >= 4 is 28.7 Å². The number of likely N-dealkylation sites (tertiary alicyclic amines) is 1. The standard InChI is InChI=1S/C19H21N5O5/c25-19(21-14-4-2-1-3-5-14)13-22-10-8-15(9-11-22)20-17-7-6-16(23(26)27)12-18(17)24(28)29/h1-7,12,15,20H,8-11,13H2,(H,21,25). The van der Waals surface area contributed by atoms with Crippen molar-refractivity contribution in [2.45, 2.75) is 18.9 Å². The number of carbonyl (C=O) groups excluding carboxylic acids is 1. The van der Waals surface area contributed by atoms with Gasteiger partial charge in [-0.05, 0) is 31.0 Å². The van der Waals surface area contributed by atoms with Gasteiger partial charge in [0, 0.05) is 30.9 Å². The average Bonchev–Trinajstić information content (AvgIpc) is 2.70. The number of hydrogen-bond donors (Lipinski definition) is 2. The molecule has 0 spiro atoms. The van der Waals surface area contributed by atoms with E-state index in [0.29, 0.717) is 25.9 Å². The van der Waals surface area contributed by atoms with Crippen LogP contribution < -0.4 is 10.6 Å². The van der Waals surface area contributed by atoms with Crippen molar-refractivity contribution in [1.29, 1.82) is 0 Å². The summed E-state index contributed by atoms with van der Waals surface area (Å²) in [6, 6.07) is 12.8. The van der Waals surface area contributed by atoms with Gasteiger partial charge in [-0.1, -0.05) is 18.2 Å². The van der Waals surface area contributed by atoms with Crippen molar-refractivity contribution in [3.63, 3.8) is 0 Å². The third kappa shape index (κ3) is 5.48. The Bertz CT molecular complexity index is 897. The second-order valence-corrected chi connectivity index (χ2v) is 6.82. The van der Waals surface area contributed by atoms with Gasteiger partial charge in [-0.25, -0.2) is 0 Å². The highest BCUT2D eigenvalue weighted by Crippen LogP contribution is 2.30. The molecule has 0 aromatic heterocycles. The second-order valence-electron chi connectivity index (χ2n) is 6.82. The maximum atomic E-state index is 12.2. The summed E-state index contributed by atoms with van der Waals surface area (Å²) < 4.78 is 0. The Kier molecular flexibility index (Phi) is 6.35. The molecule has 1 heterocycles. The number of piperidine rings is 1. The topological polar surface area (TPSA) is 131 Å². The van der Waals surface area contributed by atoms with Gasteiger partial charge in [0.25, 0.3) is 11.4 Å². The molecule has 1 aliphatic rings. The lowest BCUT2D eigenvalue weighted by Crippen LogP contribution is -2.42. The number of benzene rings is 2. The molecule has 1 fully saturated rings. The summed E-state index contributed by atoms with van der Waals surface area (Å²) in [4.78, 5) is 35.0. The quantitative estimate of drug-likeness (QED) is 0.540. The lowest BCUT2D eigenvalue weighted by Gasteiger charge is -2.32. The minimum Gasteiger partial charge on any atom is -0.377 e. The highest BCUT2D eigenvalue weighted by molar-refractivity contribution is 5.92. The molecule has 152 valence electrons. The predicted octanol–water partition coefficient (Wildman–Crippen LogP) is 3.02. The highest BCUT2D eigenvalue weighted by Gasteiger charge is 2.25. The van der Waals surface area contributed by atoms with E-state index in [1.807, 2.05) is 35.2 Å². The van der Waals surface area contributed by atoms with Crippen LogP contribution in [0.15, 0.2) is 48.5 Å². The van der Waals surface area contributed by atoms with Gasteiger partial charge >= 0.3 is 0 Å². The molecule has 0 atom stereocenters. The van der Waals surface area contributed by atoms with Crippen LogP contribution in [0.4, 0.5) is 22.7 Å². The van der Waals surface area contributed by atoms with Crippen molar-refractivity contribution < 1.29 is 14.6 Å². The number of nitrogens with one attached hydrogen (secondary N) is 2. The van der Waals surface area contributed by atoms with E-state index in [1.54, 1.807) is 0 Å². The Hall–Kier alpha value is -3.53. The Balaban J connectivity index is 1.53. The first kappa shape index (κ1) is 20.2. The number of rotatable bonds is 7. The number of non-ortho nitro benzene ring substituents is 1. The minimum absolute atomic E-state index is 0.0106. The summed E-state index contributed by atoms with van der Waals surface area (Å²) in [6.45, 7) is 1.61. The van der Waals surface area contributed by atoms with Crippen molar-refractivity contribution in [1.82, 2.24) is 4.90 Å². The Morgan fingerprint density at radius 2 is 1.72 bits per heavy atom. The molecule has 3 rings (SSSR count). The van der Waals surface area contributed by atoms with Crippen molar-refractivity contribution in [2.24, 2.45) is 0 Å². The Morgan fingerprint density at radius 3 is 2.34 bits per heavy atom. The van der Waals surface area contributed by atoms with Gasteiger partial charge in [-0.2, -0.15) is 0 Å². The molecular formula is C19H21N5O5. The zero-order chi connectivity index (χ0) is 20.8. The average molecular weight is 399 g/mol. The normalized spacial score (nSPS) is 14.9. The van der Waals surface area contributed by atoms with Gasteiger partial charge in [-0.15, -0.1) is 0 Å². The SMILES string of the molecule is O=C(CN1CCC(Nc2ccc([N+](=O)[O-])cc2[N+](=O)[O-])CC1)Nc1ccccc1. The van der Waals surface area contributed by atoms with Crippen LogP contribution >= 0.6 is 0 Å². The largest absolute Gasteiger partial charge is 0.377 e. The molecule has 2 aromatic rings. The number of nitro groups is 2. The van der Waals surface area contributed by atoms with E-state index >= 15 is 0 Å². The number of amides is 1. The van der Waals surface area contributed by atoms with Crippen LogP contribution in [0.25, 0.3) is 0 Å². The first-order chi connectivity index (χ1) is 13.9. The van der Waals surface area contributed by atoms with Crippen LogP contribution in [0.3, 0.4) is 0 Å². The lowest BCUT2D eigenvalue weighted by molar-refractivity contribution is -0.393. The summed E-state index contributed by atoms with van der Waals surface area (Å²) in [5, 5.41) is 28.1. The summed E-state index contributed by atoms with van der Waals surface area (Å²) >= 11 is 0. The van der Waals surface area contributed by atoms with Crippen LogP contribution in [0.2, 0.25) is 0 Å². The van der Waals surface area contributed by atoms with Crippen molar-refractivity contribution in [3.05, 3.63) is 68.8 Å². The Morgan fingerprint density at radius 1 is 1.03 bits per heavy atom. The zero-order valence-corrected chi connectivity index (χ0v) is 15.6. The molecule has 1 amide bonds. The number of carbonyl (C=O) groups is 1. The van der Waals surface area contributed by atoms with E-state index < -0.39 is 9.85 Å². The van der Waals surface area contributed by atoms with Crippen LogP contribution in [-0.4, -0.2) is 46.3 Å². The summed E-state index contributed by atoms with van der Waals surface area (Å²) in [5.41, 5.74) is 0.380. The molecule has 0 aliphatic carbocycles. The van der Waals surface area contributed by atoms with E-state index in [0.717, 1.165) is 11.8 Å². The third-order valence-electron chi connectivity index (χ3n) is 4.76. The molecule has 0 saturated carbocycles. The smallest absolute Gasteiger partial charge is 0.299 e. The van der Waals surface area contributed by atoms with Crippen molar-refractivity contribution in [3.8, 4) is 0 Å². The number of hydrogen-bond acceptors (Lipinski definition) is 7. The first-order valence-electron chi connectivity index (χ1n) is 9.19. The van der Waals surface area contributed by atoms with E-state index in [4.69, 9.17) is 0 Å². The van der Waals surface area contributed by atoms with Gasteiger partial charge < -0.3 is 10.6 Å². The van der Waals surface area contributed by atoms with Crippen LogP contribution in [0.5, 0.6) is 0 Å². The molecule has 0 bridgehead atoms. The summed E-state index contributed by atoms with van der Waals surface area (Å²) in [6.07, 6.45) is 1.40. The fourth-order valence-electron chi connectivity index (χ4n) is 3.29. The molecule has 1 saturated heterocycles. The van der Waals surface area contributed by atoms with Gasteiger partial charge in [0.2, 0.25) is 5.91 Å². The first-order valence-corrected chi connectivity index (χ1v) is 9.19. The molecule has 0 unspecified atom stereocenters. The second kappa shape index (κ2) is 9.11. The predicted molar refractivity (Wildman–Crippen MR) is 108 cm³/mol. The van der Waals surface area contributed by atoms with E-state index in [2.05, 4.69) is 10.6 Å². The number of anilines is 2. The zero-order valence-electron chi connectivity index (χ0n) is 15.6. The third-order valence-corrected chi connectivity index (χ3v) is 4.76. The molecule has 2 N–H and O–H groups in total. The van der Waals surface area contributed by atoms with Gasteiger partial charge in [0.05, 0.1) is 22.5 Å². The van der Waals surface area contributed by atoms with E-state index in [-0.39, 0.29) is 35.6 Å². The molecule has 29 heavy (non-hydrogen) atoms. The van der Waals surface area contributed by atoms with Gasteiger partial charge in [-0.3, -0.25) is 29.9 Å². The van der Waals surface area contributed by atoms with E-state index in [9.17, 15) is 25.0 Å². The Labute approximate surface area is 166 Å². The summed E-state index contributed by atoms with van der Waals surface area (Å²) in [7, 11) is 0. The van der Waals surface area contributed by atoms with Crippen LogP contribution in [0.1, 0.15) is 12.8 Å². The van der Waals surface area contributed by atoms with Gasteiger partial charge in [0.1, 0.15) is 5.69 Å². The monoisotopic (exact) mass is 399 g/mol. The molecule has 0 radical (unpaired) electrons. The van der Waals surface area contributed by atoms with E-state index in [1.165, 1.54) is 12.1 Å². The number of nitrogens with zero attached hydrogens (tertiary/aromatic N) is 3. The van der Waals surface area contributed by atoms with Gasteiger partial charge in [0.15, 0.2) is 0 Å². The maximum Gasteiger partial charge on any atom is 0.299 e. The maximum absolute atomic E-state index is 12.2. The number of para-hydroxylation sites is 1. The molecule has 1 aliphatic heterocycles. The highest BCUT2D eigenvalue weighted by atomic mass is 16.6. The minimum atomic E-state index is -0.657. The molecule has 10 heteroatoms. The molecular weight excluding hydrogens is 378 g/mol. The fraction of sp³-hybridized carbons (Fsp3) is 0.316.